The summed E-state index contributed by atoms with van der Waals surface area (Å²) < 4.78 is 88.3. The molecule has 0 spiro atoms. The predicted molar refractivity (Wildman–Crippen MR) is 99.1 cm³/mol. The molecule has 0 heterocycles. The van der Waals surface area contributed by atoms with E-state index in [4.69, 9.17) is 4.43 Å². The van der Waals surface area contributed by atoms with Crippen molar-refractivity contribution in [2.24, 2.45) is 0 Å². The lowest BCUT2D eigenvalue weighted by Gasteiger charge is -2.36. The van der Waals surface area contributed by atoms with Crippen molar-refractivity contribution in [2.75, 3.05) is 6.61 Å². The van der Waals surface area contributed by atoms with Crippen LogP contribution in [-0.4, -0.2) is 45.6 Å². The molecule has 0 saturated carbocycles. The van der Waals surface area contributed by atoms with Crippen molar-refractivity contribution in [3.63, 3.8) is 0 Å². The van der Waals surface area contributed by atoms with Gasteiger partial charge in [0.25, 0.3) is 6.10 Å². The van der Waals surface area contributed by atoms with Gasteiger partial charge in [-0.05, 0) is 37.4 Å². The van der Waals surface area contributed by atoms with E-state index in [0.29, 0.717) is 19.4 Å². The minimum absolute atomic E-state index is 0.0832. The van der Waals surface area contributed by atoms with Gasteiger partial charge >= 0.3 is 18.5 Å². The highest BCUT2D eigenvalue weighted by Gasteiger charge is 2.60. The molecule has 0 rings (SSSR count). The van der Waals surface area contributed by atoms with E-state index in [0.717, 1.165) is 12.5 Å². The molecule has 0 radical (unpaired) electrons. The molecule has 4 nitrogen and oxygen atoms in total. The van der Waals surface area contributed by atoms with E-state index in [-0.39, 0.29) is 11.5 Å². The number of hydrogen-bond donors (Lipinski definition) is 0. The van der Waals surface area contributed by atoms with Crippen molar-refractivity contribution in [3.8, 4) is 0 Å². The number of halogens is 6. The van der Waals surface area contributed by atoms with Crippen molar-refractivity contribution < 1.29 is 45.0 Å². The summed E-state index contributed by atoms with van der Waals surface area (Å²) in [4.78, 5) is 11.3. The van der Waals surface area contributed by atoms with Crippen LogP contribution in [0.5, 0.6) is 0 Å². The number of alkyl halides is 6. The van der Waals surface area contributed by atoms with Crippen LogP contribution in [0.25, 0.3) is 0 Å². The molecular weight excluding hydrogens is 422 g/mol. The Morgan fingerprint density at radius 3 is 1.90 bits per heavy atom. The van der Waals surface area contributed by atoms with E-state index >= 15 is 0 Å². The number of carbonyl (C=O) groups excluding carboxylic acids is 1. The third-order valence-electron chi connectivity index (χ3n) is 4.72. The van der Waals surface area contributed by atoms with Crippen molar-refractivity contribution in [2.45, 2.75) is 89.1 Å². The lowest BCUT2D eigenvalue weighted by Crippen LogP contribution is -2.46. The first-order chi connectivity index (χ1) is 12.9. The van der Waals surface area contributed by atoms with Gasteiger partial charge in [0.1, 0.15) is 6.10 Å². The Kier molecular flexibility index (Phi) is 10.2. The SMILES string of the molecule is C=CC(CCCCCO[Si](C)(C)C(C)(C)C)OC(=O)OC(C(F)(F)F)C(F)(F)F. The quantitative estimate of drug-likeness (QED) is 0.121. The average molecular weight is 453 g/mol. The van der Waals surface area contributed by atoms with Gasteiger partial charge in [-0.3, -0.25) is 0 Å². The summed E-state index contributed by atoms with van der Waals surface area (Å²) in [5, 5.41) is 0.0832. The fourth-order valence-electron chi connectivity index (χ4n) is 1.96. The smallest absolute Gasteiger partial charge is 0.427 e. The third-order valence-corrected chi connectivity index (χ3v) is 9.26. The van der Waals surface area contributed by atoms with Gasteiger partial charge in [-0.1, -0.05) is 39.8 Å². The Hall–Kier alpha value is -1.23. The Bertz CT molecular complexity index is 512. The molecule has 0 aromatic rings. The second-order valence-electron chi connectivity index (χ2n) is 8.18. The number of carbonyl (C=O) groups is 1. The molecule has 0 amide bonds. The van der Waals surface area contributed by atoms with Crippen molar-refractivity contribution in [1.82, 2.24) is 0 Å². The molecule has 0 bridgehead atoms. The van der Waals surface area contributed by atoms with Gasteiger partial charge in [0, 0.05) is 6.61 Å². The molecule has 29 heavy (non-hydrogen) atoms. The summed E-state index contributed by atoms with van der Waals surface area (Å²) in [6.07, 6.45) is -15.6. The van der Waals surface area contributed by atoms with E-state index in [1.807, 2.05) is 0 Å². The highest BCUT2D eigenvalue weighted by Crippen LogP contribution is 2.37. The van der Waals surface area contributed by atoms with E-state index in [2.05, 4.69) is 49.9 Å². The van der Waals surface area contributed by atoms with E-state index in [9.17, 15) is 31.1 Å². The van der Waals surface area contributed by atoms with Crippen LogP contribution in [0, 0.1) is 0 Å². The molecular formula is C18H30F6O4Si. The van der Waals surface area contributed by atoms with E-state index in [1.54, 1.807) is 0 Å². The van der Waals surface area contributed by atoms with Crippen molar-refractivity contribution >= 4 is 14.5 Å². The average Bonchev–Trinajstić information content (AvgIpc) is 2.51. The first-order valence-electron chi connectivity index (χ1n) is 9.19. The molecule has 0 fully saturated rings. The maximum Gasteiger partial charge on any atom is 0.509 e. The van der Waals surface area contributed by atoms with Crippen molar-refractivity contribution in [1.29, 1.82) is 0 Å². The van der Waals surface area contributed by atoms with Gasteiger partial charge in [0.2, 0.25) is 0 Å². The van der Waals surface area contributed by atoms with Crippen LogP contribution in [0.1, 0.15) is 46.5 Å². The topological polar surface area (TPSA) is 44.8 Å². The Labute approximate surface area is 168 Å². The van der Waals surface area contributed by atoms with Crippen LogP contribution >= 0.6 is 0 Å². The Morgan fingerprint density at radius 2 is 1.48 bits per heavy atom. The number of rotatable bonds is 10. The molecule has 0 aliphatic heterocycles. The van der Waals surface area contributed by atoms with Gasteiger partial charge < -0.3 is 13.9 Å². The van der Waals surface area contributed by atoms with Gasteiger partial charge in [0.05, 0.1) is 0 Å². The Morgan fingerprint density at radius 1 is 0.966 bits per heavy atom. The number of unbranched alkanes of at least 4 members (excludes halogenated alkanes) is 2. The van der Waals surface area contributed by atoms with Gasteiger partial charge in [-0.25, -0.2) is 4.79 Å². The van der Waals surface area contributed by atoms with Crippen LogP contribution in [0.15, 0.2) is 12.7 Å². The van der Waals surface area contributed by atoms with Gasteiger partial charge in [-0.15, -0.1) is 0 Å². The van der Waals surface area contributed by atoms with E-state index in [1.165, 1.54) is 0 Å². The number of ether oxygens (including phenoxy) is 2. The number of hydrogen-bond acceptors (Lipinski definition) is 4. The molecule has 0 aromatic heterocycles. The standard InChI is InChI=1S/C18H30F6O4Si/c1-7-13(11-9-8-10-12-26-29(5,6)16(2,3)4)27-15(25)28-14(17(19,20)21)18(22,23)24/h7,13-14H,1,8-12H2,2-6H3. The Balaban J connectivity index is 4.38. The van der Waals surface area contributed by atoms with Crippen LogP contribution < -0.4 is 0 Å². The molecule has 0 saturated heterocycles. The highest BCUT2D eigenvalue weighted by atomic mass is 28.4. The van der Waals surface area contributed by atoms with Gasteiger partial charge in [0.15, 0.2) is 8.32 Å². The molecule has 1 atom stereocenters. The monoisotopic (exact) mass is 452 g/mol. The normalized spacial score (nSPS) is 14.6. The second kappa shape index (κ2) is 10.7. The zero-order valence-electron chi connectivity index (χ0n) is 17.4. The third kappa shape index (κ3) is 10.4. The maximum atomic E-state index is 12.4. The first kappa shape index (κ1) is 27.8. The van der Waals surface area contributed by atoms with Crippen LogP contribution in [0.2, 0.25) is 18.1 Å². The summed E-state index contributed by atoms with van der Waals surface area (Å²) >= 11 is 0. The zero-order chi connectivity index (χ0) is 23.1. The zero-order valence-corrected chi connectivity index (χ0v) is 18.4. The summed E-state index contributed by atoms with van der Waals surface area (Å²) in [6, 6.07) is 0. The van der Waals surface area contributed by atoms with Crippen LogP contribution in [0.4, 0.5) is 31.1 Å². The fraction of sp³-hybridized carbons (Fsp3) is 0.833. The molecule has 11 heteroatoms. The minimum atomic E-state index is -5.79. The lowest BCUT2D eigenvalue weighted by atomic mass is 10.1. The lowest BCUT2D eigenvalue weighted by molar-refractivity contribution is -0.310. The molecule has 0 aromatic carbocycles. The molecule has 0 aliphatic rings. The summed E-state index contributed by atoms with van der Waals surface area (Å²) in [5.74, 6) is 0. The van der Waals surface area contributed by atoms with Gasteiger partial charge in [-0.2, -0.15) is 26.3 Å². The van der Waals surface area contributed by atoms with Crippen LogP contribution in [-0.2, 0) is 13.9 Å². The first-order valence-corrected chi connectivity index (χ1v) is 12.1. The summed E-state index contributed by atoms with van der Waals surface area (Å²) in [6.45, 7) is 14.5. The molecule has 172 valence electrons. The molecule has 0 aliphatic carbocycles. The minimum Gasteiger partial charge on any atom is -0.427 e. The van der Waals surface area contributed by atoms with E-state index < -0.39 is 39.0 Å². The van der Waals surface area contributed by atoms with Crippen molar-refractivity contribution in [3.05, 3.63) is 12.7 Å². The fourth-order valence-corrected chi connectivity index (χ4v) is 3.05. The largest absolute Gasteiger partial charge is 0.509 e. The molecule has 0 N–H and O–H groups in total. The highest BCUT2D eigenvalue weighted by molar-refractivity contribution is 6.74. The maximum absolute atomic E-state index is 12.4. The molecule has 1 unspecified atom stereocenters. The second-order valence-corrected chi connectivity index (χ2v) is 13.0. The predicted octanol–water partition coefficient (Wildman–Crippen LogP) is 6.77. The van der Waals surface area contributed by atoms with Crippen LogP contribution in [0.3, 0.4) is 0 Å². The summed E-state index contributed by atoms with van der Waals surface area (Å²) in [7, 11) is -1.85. The summed E-state index contributed by atoms with van der Waals surface area (Å²) in [5.41, 5.74) is 0.